The number of rotatable bonds is 4. The first-order valence-corrected chi connectivity index (χ1v) is 11.0. The molecule has 0 aromatic carbocycles. The van der Waals surface area contributed by atoms with E-state index in [9.17, 15) is 14.3 Å². The summed E-state index contributed by atoms with van der Waals surface area (Å²) < 4.78 is 16.1. The SMILES string of the molecule is CC(=O)c1c(C2CC3CCC(C2)N3)nc2c(-c3cnc(C(C)(C)O)c(F)c3)cnn2c1N.Cl. The predicted octanol–water partition coefficient (Wildman–Crippen LogP) is 3.36. The molecule has 0 spiro atoms. The highest BCUT2D eigenvalue weighted by atomic mass is 35.5. The number of piperidine rings is 1. The largest absolute Gasteiger partial charge is 0.384 e. The van der Waals surface area contributed by atoms with Crippen LogP contribution in [0.1, 0.15) is 74.1 Å². The van der Waals surface area contributed by atoms with E-state index in [0.717, 1.165) is 25.7 Å². The number of aromatic nitrogens is 4. The third-order valence-electron chi connectivity index (χ3n) is 6.65. The first-order chi connectivity index (χ1) is 15.1. The number of nitrogens with one attached hydrogen (secondary N) is 1. The number of ketones is 1. The van der Waals surface area contributed by atoms with Crippen molar-refractivity contribution in [2.45, 2.75) is 70.1 Å². The van der Waals surface area contributed by atoms with E-state index < -0.39 is 11.4 Å². The van der Waals surface area contributed by atoms with Crippen molar-refractivity contribution >= 4 is 29.7 Å². The number of nitrogens with two attached hydrogens (primary N) is 1. The predicted molar refractivity (Wildman–Crippen MR) is 125 cm³/mol. The standard InChI is InChI=1S/C23H27FN6O2.ClH/c1-11(31)18-19(12-6-14-4-5-15(7-12)28-14)29-22-16(10-27-30(22)21(18)25)13-8-17(24)20(26-9-13)23(2,3)32;/h8-10,12,14-15,28,32H,4-7,25H2,1-3H3;1H. The lowest BCUT2D eigenvalue weighted by molar-refractivity contribution is 0.0695. The van der Waals surface area contributed by atoms with E-state index in [1.807, 2.05) is 0 Å². The molecule has 3 aromatic rings. The van der Waals surface area contributed by atoms with Gasteiger partial charge in [-0.15, -0.1) is 12.4 Å². The molecule has 176 valence electrons. The number of carbonyl (C=O) groups is 1. The second-order valence-corrected chi connectivity index (χ2v) is 9.53. The van der Waals surface area contributed by atoms with E-state index in [-0.39, 0.29) is 35.6 Å². The molecule has 5 rings (SSSR count). The Morgan fingerprint density at radius 3 is 2.52 bits per heavy atom. The number of Topliss-reactive ketones (excluding diaryl/α,β-unsaturated/α-hetero) is 1. The van der Waals surface area contributed by atoms with Crippen molar-refractivity contribution in [2.75, 3.05) is 5.73 Å². The van der Waals surface area contributed by atoms with Crippen LogP contribution in [0.15, 0.2) is 18.5 Å². The number of hydrogen-bond donors (Lipinski definition) is 3. The van der Waals surface area contributed by atoms with Gasteiger partial charge in [-0.1, -0.05) is 0 Å². The van der Waals surface area contributed by atoms with E-state index in [2.05, 4.69) is 15.4 Å². The van der Waals surface area contributed by atoms with Gasteiger partial charge in [0.15, 0.2) is 11.4 Å². The number of pyridine rings is 1. The zero-order valence-corrected chi connectivity index (χ0v) is 19.6. The van der Waals surface area contributed by atoms with Crippen LogP contribution in [-0.2, 0) is 5.60 Å². The lowest BCUT2D eigenvalue weighted by atomic mass is 9.86. The third-order valence-corrected chi connectivity index (χ3v) is 6.65. The molecule has 2 saturated heterocycles. The minimum atomic E-state index is -1.40. The summed E-state index contributed by atoms with van der Waals surface area (Å²) in [5.74, 6) is -0.388. The molecule has 0 amide bonds. The Labute approximate surface area is 197 Å². The van der Waals surface area contributed by atoms with E-state index in [1.165, 1.54) is 37.5 Å². The van der Waals surface area contributed by atoms with Crippen LogP contribution >= 0.6 is 12.4 Å². The number of aliphatic hydroxyl groups is 1. The van der Waals surface area contributed by atoms with Crippen LogP contribution in [0.3, 0.4) is 0 Å². The summed E-state index contributed by atoms with van der Waals surface area (Å²) in [6, 6.07) is 2.17. The van der Waals surface area contributed by atoms with Gasteiger partial charge in [0.25, 0.3) is 0 Å². The Balaban J connectivity index is 0.00000259. The zero-order chi connectivity index (χ0) is 22.8. The van der Waals surface area contributed by atoms with E-state index >= 15 is 0 Å². The Kier molecular flexibility index (Phi) is 5.92. The van der Waals surface area contributed by atoms with Gasteiger partial charge in [-0.2, -0.15) is 9.61 Å². The molecule has 0 aliphatic carbocycles. The molecule has 3 aromatic heterocycles. The Morgan fingerprint density at radius 1 is 1.27 bits per heavy atom. The number of fused-ring (bicyclic) bond motifs is 3. The average molecular weight is 475 g/mol. The number of anilines is 1. The maximum Gasteiger partial charge on any atom is 0.165 e. The molecule has 0 saturated carbocycles. The minimum Gasteiger partial charge on any atom is -0.384 e. The van der Waals surface area contributed by atoms with Gasteiger partial charge in [0.05, 0.1) is 17.5 Å². The third kappa shape index (κ3) is 3.98. The van der Waals surface area contributed by atoms with Crippen molar-refractivity contribution in [2.24, 2.45) is 0 Å². The summed E-state index contributed by atoms with van der Waals surface area (Å²) in [4.78, 5) is 21.6. The fourth-order valence-corrected chi connectivity index (χ4v) is 5.21. The molecule has 2 aliphatic heterocycles. The molecule has 2 unspecified atom stereocenters. The van der Waals surface area contributed by atoms with Crippen molar-refractivity contribution in [1.29, 1.82) is 0 Å². The molecule has 2 bridgehead atoms. The summed E-state index contributed by atoms with van der Waals surface area (Å²) >= 11 is 0. The Hall–Kier alpha value is -2.62. The smallest absolute Gasteiger partial charge is 0.165 e. The zero-order valence-electron chi connectivity index (χ0n) is 18.8. The minimum absolute atomic E-state index is 0. The second-order valence-electron chi connectivity index (χ2n) is 9.53. The first kappa shape index (κ1) is 23.5. The summed E-state index contributed by atoms with van der Waals surface area (Å²) in [6.45, 7) is 4.46. The number of carbonyl (C=O) groups excluding carboxylic acids is 1. The summed E-state index contributed by atoms with van der Waals surface area (Å²) in [5, 5.41) is 18.1. The molecule has 2 fully saturated rings. The van der Waals surface area contributed by atoms with Crippen molar-refractivity contribution < 1.29 is 14.3 Å². The molecule has 2 atom stereocenters. The summed E-state index contributed by atoms with van der Waals surface area (Å²) in [7, 11) is 0. The number of nitrogens with zero attached hydrogens (tertiary/aromatic N) is 4. The maximum atomic E-state index is 14.7. The number of halogens is 2. The molecule has 10 heteroatoms. The Bertz CT molecular complexity index is 1230. The molecule has 5 heterocycles. The number of nitrogen functional groups attached to an aromatic ring is 1. The molecular weight excluding hydrogens is 447 g/mol. The molecular formula is C23H28ClFN6O2. The lowest BCUT2D eigenvalue weighted by Gasteiger charge is -2.30. The van der Waals surface area contributed by atoms with Crippen LogP contribution in [0.5, 0.6) is 0 Å². The van der Waals surface area contributed by atoms with Crippen molar-refractivity contribution in [1.82, 2.24) is 24.9 Å². The normalized spacial score (nSPS) is 22.4. The fraction of sp³-hybridized carbons (Fsp3) is 0.478. The topological polar surface area (TPSA) is 118 Å². The van der Waals surface area contributed by atoms with Gasteiger partial charge >= 0.3 is 0 Å². The summed E-state index contributed by atoms with van der Waals surface area (Å²) in [6.07, 6.45) is 7.11. The summed E-state index contributed by atoms with van der Waals surface area (Å²) in [5.41, 5.74) is 7.61. The van der Waals surface area contributed by atoms with Crippen LogP contribution in [0.4, 0.5) is 10.2 Å². The van der Waals surface area contributed by atoms with E-state index in [0.29, 0.717) is 40.1 Å². The van der Waals surface area contributed by atoms with Gasteiger partial charge in [-0.05, 0) is 52.5 Å². The van der Waals surface area contributed by atoms with Crippen molar-refractivity contribution in [3.8, 4) is 11.1 Å². The maximum absolute atomic E-state index is 14.7. The number of hydrogen-bond acceptors (Lipinski definition) is 7. The lowest BCUT2D eigenvalue weighted by Crippen LogP contribution is -2.38. The molecule has 33 heavy (non-hydrogen) atoms. The average Bonchev–Trinajstić information content (AvgIpc) is 3.29. The van der Waals surface area contributed by atoms with Crippen LogP contribution in [0.25, 0.3) is 16.8 Å². The quantitative estimate of drug-likeness (QED) is 0.496. The molecule has 8 nitrogen and oxygen atoms in total. The molecule has 2 aliphatic rings. The van der Waals surface area contributed by atoms with Crippen LogP contribution < -0.4 is 11.1 Å². The van der Waals surface area contributed by atoms with Crippen LogP contribution in [0, 0.1) is 5.82 Å². The van der Waals surface area contributed by atoms with Crippen LogP contribution in [-0.4, -0.2) is 42.6 Å². The second kappa shape index (κ2) is 8.30. The highest BCUT2D eigenvalue weighted by molar-refractivity contribution is 6.00. The van der Waals surface area contributed by atoms with Crippen molar-refractivity contribution in [3.05, 3.63) is 41.2 Å². The molecule has 0 radical (unpaired) electrons. The van der Waals surface area contributed by atoms with Gasteiger partial charge in [0.1, 0.15) is 22.9 Å². The van der Waals surface area contributed by atoms with Gasteiger partial charge in [-0.3, -0.25) is 9.78 Å². The van der Waals surface area contributed by atoms with E-state index in [1.54, 1.807) is 6.20 Å². The van der Waals surface area contributed by atoms with Gasteiger partial charge in [0, 0.05) is 35.3 Å². The van der Waals surface area contributed by atoms with Crippen LogP contribution in [0.2, 0.25) is 0 Å². The highest BCUT2D eigenvalue weighted by Gasteiger charge is 2.37. The fourth-order valence-electron chi connectivity index (χ4n) is 5.21. The van der Waals surface area contributed by atoms with Gasteiger partial charge < -0.3 is 16.2 Å². The monoisotopic (exact) mass is 474 g/mol. The highest BCUT2D eigenvalue weighted by Crippen LogP contribution is 2.40. The first-order valence-electron chi connectivity index (χ1n) is 11.0. The van der Waals surface area contributed by atoms with Gasteiger partial charge in [0.2, 0.25) is 0 Å². The molecule has 4 N–H and O–H groups in total. The van der Waals surface area contributed by atoms with E-state index in [4.69, 9.17) is 10.7 Å². The van der Waals surface area contributed by atoms with Crippen molar-refractivity contribution in [3.63, 3.8) is 0 Å². The van der Waals surface area contributed by atoms with Gasteiger partial charge in [-0.25, -0.2) is 9.37 Å². The Morgan fingerprint density at radius 2 is 1.94 bits per heavy atom.